The lowest BCUT2D eigenvalue weighted by molar-refractivity contribution is -0.129. The van der Waals surface area contributed by atoms with Gasteiger partial charge in [0.25, 0.3) is 0 Å². The summed E-state index contributed by atoms with van der Waals surface area (Å²) >= 11 is 0. The lowest BCUT2D eigenvalue weighted by atomic mass is 9.69. The van der Waals surface area contributed by atoms with E-state index in [9.17, 15) is 9.90 Å². The summed E-state index contributed by atoms with van der Waals surface area (Å²) in [7, 11) is 4.35. The van der Waals surface area contributed by atoms with Crippen molar-refractivity contribution in [3.63, 3.8) is 0 Å². The Bertz CT molecular complexity index is 1010. The maximum Gasteiger partial charge on any atom is 0.225 e. The van der Waals surface area contributed by atoms with Crippen LogP contribution in [-0.4, -0.2) is 89.5 Å². The summed E-state index contributed by atoms with van der Waals surface area (Å²) in [5, 5.41) is 14.4. The second-order valence-electron chi connectivity index (χ2n) is 10.5. The molecule has 1 aromatic carbocycles. The van der Waals surface area contributed by atoms with Crippen molar-refractivity contribution in [2.45, 2.75) is 50.0 Å². The molecule has 3 heterocycles. The SMILES string of the molecule is CC(=O)N1CCN(c2ncc(N3C[C@]4(CC[C@](c5ccccc5)(N(C)C)CC4)NC3O)cn2)CC1. The number of benzene rings is 1. The van der Waals surface area contributed by atoms with Gasteiger partial charge in [-0.1, -0.05) is 30.3 Å². The van der Waals surface area contributed by atoms with E-state index in [-0.39, 0.29) is 17.0 Å². The molecule has 1 saturated carbocycles. The smallest absolute Gasteiger partial charge is 0.225 e. The van der Waals surface area contributed by atoms with Gasteiger partial charge in [-0.15, -0.1) is 0 Å². The van der Waals surface area contributed by atoms with Crippen molar-refractivity contribution in [1.82, 2.24) is 25.1 Å². The van der Waals surface area contributed by atoms with Gasteiger partial charge < -0.3 is 19.8 Å². The summed E-state index contributed by atoms with van der Waals surface area (Å²) in [4.78, 5) is 29.1. The second kappa shape index (κ2) is 9.37. The van der Waals surface area contributed by atoms with Crippen molar-refractivity contribution < 1.29 is 9.90 Å². The second-order valence-corrected chi connectivity index (χ2v) is 10.5. The zero-order chi connectivity index (χ0) is 24.6. The van der Waals surface area contributed by atoms with Gasteiger partial charge in [-0.25, -0.2) is 9.97 Å². The van der Waals surface area contributed by atoms with Crippen LogP contribution < -0.4 is 15.1 Å². The van der Waals surface area contributed by atoms with Gasteiger partial charge in [0.1, 0.15) is 0 Å². The van der Waals surface area contributed by atoms with E-state index in [1.807, 2.05) is 9.80 Å². The zero-order valence-corrected chi connectivity index (χ0v) is 21.0. The third-order valence-electron chi connectivity index (χ3n) is 8.37. The Hall–Kier alpha value is -2.75. The quantitative estimate of drug-likeness (QED) is 0.684. The fourth-order valence-electron chi connectivity index (χ4n) is 6.08. The summed E-state index contributed by atoms with van der Waals surface area (Å²) in [5.41, 5.74) is 2.07. The summed E-state index contributed by atoms with van der Waals surface area (Å²) in [6.45, 7) is 5.17. The molecule has 1 spiro atoms. The van der Waals surface area contributed by atoms with Gasteiger partial charge in [0.05, 0.1) is 18.1 Å². The van der Waals surface area contributed by atoms with Crippen molar-refractivity contribution in [1.29, 1.82) is 0 Å². The van der Waals surface area contributed by atoms with Gasteiger partial charge >= 0.3 is 0 Å². The summed E-state index contributed by atoms with van der Waals surface area (Å²) in [6.07, 6.45) is 6.87. The molecular weight excluding hydrogens is 442 g/mol. The molecule has 2 saturated heterocycles. The number of carbonyl (C=O) groups is 1. The summed E-state index contributed by atoms with van der Waals surface area (Å²) < 4.78 is 0. The molecule has 3 fully saturated rings. The molecule has 0 bridgehead atoms. The first-order chi connectivity index (χ1) is 16.8. The number of nitrogens with one attached hydrogen (secondary N) is 1. The molecular formula is C26H37N7O2. The Balaban J connectivity index is 1.25. The maximum absolute atomic E-state index is 11.6. The number of aliphatic hydroxyl groups is 1. The fraction of sp³-hybridized carbons (Fsp3) is 0.577. The Kier molecular flexibility index (Phi) is 6.41. The van der Waals surface area contributed by atoms with Crippen molar-refractivity contribution in [3.8, 4) is 0 Å². The van der Waals surface area contributed by atoms with Crippen LogP contribution in [0.4, 0.5) is 11.6 Å². The minimum atomic E-state index is -0.757. The lowest BCUT2D eigenvalue weighted by Crippen LogP contribution is -2.54. The Labute approximate surface area is 207 Å². The van der Waals surface area contributed by atoms with Crippen LogP contribution in [0.1, 0.15) is 38.2 Å². The van der Waals surface area contributed by atoms with E-state index in [1.165, 1.54) is 5.56 Å². The largest absolute Gasteiger partial charge is 0.361 e. The monoisotopic (exact) mass is 479 g/mol. The van der Waals surface area contributed by atoms with Gasteiger partial charge in [0.2, 0.25) is 11.9 Å². The predicted octanol–water partition coefficient (Wildman–Crippen LogP) is 1.60. The minimum absolute atomic E-state index is 0.0176. The van der Waals surface area contributed by atoms with Crippen molar-refractivity contribution in [3.05, 3.63) is 48.3 Å². The molecule has 1 aliphatic carbocycles. The van der Waals surface area contributed by atoms with E-state index in [0.29, 0.717) is 19.0 Å². The van der Waals surface area contributed by atoms with Gasteiger partial charge in [0.15, 0.2) is 6.35 Å². The normalized spacial score (nSPS) is 29.3. The molecule has 5 rings (SSSR count). The van der Waals surface area contributed by atoms with Gasteiger partial charge in [-0.3, -0.25) is 15.0 Å². The van der Waals surface area contributed by atoms with E-state index < -0.39 is 6.35 Å². The Morgan fingerprint density at radius 3 is 2.23 bits per heavy atom. The Morgan fingerprint density at radius 1 is 1.03 bits per heavy atom. The highest BCUT2D eigenvalue weighted by atomic mass is 16.3. The number of hydrogen-bond acceptors (Lipinski definition) is 8. The summed E-state index contributed by atoms with van der Waals surface area (Å²) in [6, 6.07) is 10.8. The minimum Gasteiger partial charge on any atom is -0.361 e. The highest BCUT2D eigenvalue weighted by Crippen LogP contribution is 2.46. The van der Waals surface area contributed by atoms with Crippen LogP contribution in [0.2, 0.25) is 0 Å². The molecule has 9 heteroatoms. The third-order valence-corrected chi connectivity index (χ3v) is 8.37. The van der Waals surface area contributed by atoms with Crippen LogP contribution in [0.3, 0.4) is 0 Å². The molecule has 1 atom stereocenters. The number of aromatic nitrogens is 2. The molecule has 0 radical (unpaired) electrons. The first-order valence-corrected chi connectivity index (χ1v) is 12.6. The molecule has 3 aliphatic rings. The van der Waals surface area contributed by atoms with Crippen molar-refractivity contribution in [2.75, 3.05) is 56.6 Å². The highest BCUT2D eigenvalue weighted by molar-refractivity contribution is 5.73. The molecule has 2 aromatic rings. The molecule has 1 aromatic heterocycles. The first-order valence-electron chi connectivity index (χ1n) is 12.6. The Morgan fingerprint density at radius 2 is 1.66 bits per heavy atom. The molecule has 2 aliphatic heterocycles. The number of carbonyl (C=O) groups excluding carboxylic acids is 1. The summed E-state index contributed by atoms with van der Waals surface area (Å²) in [5.74, 6) is 0.782. The first kappa shape index (κ1) is 24.0. The van der Waals surface area contributed by atoms with Crippen LogP contribution >= 0.6 is 0 Å². The van der Waals surface area contributed by atoms with Crippen LogP contribution in [0, 0.1) is 0 Å². The topological polar surface area (TPSA) is 88.1 Å². The van der Waals surface area contributed by atoms with Gasteiger partial charge in [-0.05, 0) is 45.3 Å². The van der Waals surface area contributed by atoms with E-state index in [2.05, 4.69) is 69.5 Å². The van der Waals surface area contributed by atoms with Crippen LogP contribution in [0.15, 0.2) is 42.7 Å². The molecule has 35 heavy (non-hydrogen) atoms. The predicted molar refractivity (Wildman–Crippen MR) is 136 cm³/mol. The van der Waals surface area contributed by atoms with Crippen LogP contribution in [0.5, 0.6) is 0 Å². The number of aliphatic hydroxyl groups excluding tert-OH is 1. The van der Waals surface area contributed by atoms with Gasteiger partial charge in [0, 0.05) is 50.7 Å². The number of hydrogen-bond donors (Lipinski definition) is 2. The number of anilines is 2. The average molecular weight is 480 g/mol. The van der Waals surface area contributed by atoms with Crippen molar-refractivity contribution >= 4 is 17.5 Å². The molecule has 1 unspecified atom stereocenters. The number of rotatable bonds is 4. The molecule has 1 amide bonds. The number of amides is 1. The van der Waals surface area contributed by atoms with E-state index in [4.69, 9.17) is 0 Å². The van der Waals surface area contributed by atoms with Crippen LogP contribution in [-0.2, 0) is 10.3 Å². The average Bonchev–Trinajstić information content (AvgIpc) is 3.20. The highest BCUT2D eigenvalue weighted by Gasteiger charge is 2.50. The van der Waals surface area contributed by atoms with E-state index >= 15 is 0 Å². The van der Waals surface area contributed by atoms with Gasteiger partial charge in [-0.2, -0.15) is 0 Å². The van der Waals surface area contributed by atoms with E-state index in [1.54, 1.807) is 19.3 Å². The maximum atomic E-state index is 11.6. The third kappa shape index (κ3) is 4.48. The molecule has 9 nitrogen and oxygen atoms in total. The van der Waals surface area contributed by atoms with Crippen molar-refractivity contribution in [2.24, 2.45) is 0 Å². The van der Waals surface area contributed by atoms with E-state index in [0.717, 1.165) is 51.0 Å². The molecule has 2 N–H and O–H groups in total. The number of piperazine rings is 1. The molecule has 188 valence electrons. The standard InChI is InChI=1S/C26H37N7O2/c1-20(34)31-13-15-32(16-14-31)23-27-17-22(18-28-23)33-19-25(29-24(33)35)9-11-26(12-10-25,30(2)3)21-7-5-4-6-8-21/h4-8,17-18,24,29,35H,9-16,19H2,1-3H3/t24?,25-,26+. The fourth-order valence-corrected chi connectivity index (χ4v) is 6.08. The van der Waals surface area contributed by atoms with Crippen LogP contribution in [0.25, 0.3) is 0 Å². The zero-order valence-electron chi connectivity index (χ0n) is 21.0. The number of nitrogens with zero attached hydrogens (tertiary/aromatic N) is 6. The lowest BCUT2D eigenvalue weighted by Gasteiger charge is -2.49.